The maximum Gasteiger partial charge on any atom is 0.148 e. The molecule has 1 heterocycles. The predicted molar refractivity (Wildman–Crippen MR) is 72.5 cm³/mol. The van der Waals surface area contributed by atoms with Crippen LogP contribution < -0.4 is 5.32 Å². The second-order valence-corrected chi connectivity index (χ2v) is 4.99. The standard InChI is InChI=1S/C12H13BrClNO2/c1-16-3-2-15-6-8-7-17-12-10(8)4-9(14)5-11(12)13/h4-5,7,15H,2-3,6H2,1H3. The second-order valence-electron chi connectivity index (χ2n) is 3.69. The Hall–Kier alpha value is -0.550. The van der Waals surface area contributed by atoms with E-state index in [1.165, 1.54) is 0 Å². The van der Waals surface area contributed by atoms with E-state index in [9.17, 15) is 0 Å². The Morgan fingerprint density at radius 2 is 2.29 bits per heavy atom. The fraction of sp³-hybridized carbons (Fsp3) is 0.333. The molecule has 0 unspecified atom stereocenters. The smallest absolute Gasteiger partial charge is 0.148 e. The van der Waals surface area contributed by atoms with Crippen molar-refractivity contribution in [2.24, 2.45) is 0 Å². The molecule has 0 radical (unpaired) electrons. The fourth-order valence-corrected chi connectivity index (χ4v) is 2.55. The van der Waals surface area contributed by atoms with Crippen LogP contribution in [0.3, 0.4) is 0 Å². The summed E-state index contributed by atoms with van der Waals surface area (Å²) in [6, 6.07) is 3.74. The summed E-state index contributed by atoms with van der Waals surface area (Å²) >= 11 is 9.46. The van der Waals surface area contributed by atoms with Crippen molar-refractivity contribution in [1.29, 1.82) is 0 Å². The molecule has 0 aliphatic carbocycles. The van der Waals surface area contributed by atoms with Gasteiger partial charge in [0.2, 0.25) is 0 Å². The minimum Gasteiger partial charge on any atom is -0.463 e. The molecule has 1 N–H and O–H groups in total. The molecule has 0 fully saturated rings. The van der Waals surface area contributed by atoms with Crippen molar-refractivity contribution < 1.29 is 9.15 Å². The highest BCUT2D eigenvalue weighted by Gasteiger charge is 2.09. The Kier molecular flexibility index (Phi) is 4.45. The van der Waals surface area contributed by atoms with Crippen LogP contribution in [0.4, 0.5) is 0 Å². The van der Waals surface area contributed by atoms with Crippen LogP contribution in [0.25, 0.3) is 11.0 Å². The van der Waals surface area contributed by atoms with Crippen LogP contribution in [0.15, 0.2) is 27.3 Å². The van der Waals surface area contributed by atoms with Crippen LogP contribution in [0, 0.1) is 0 Å². The fourth-order valence-electron chi connectivity index (χ4n) is 1.65. The first-order valence-electron chi connectivity index (χ1n) is 5.27. The van der Waals surface area contributed by atoms with Gasteiger partial charge in [0.15, 0.2) is 0 Å². The van der Waals surface area contributed by atoms with Crippen molar-refractivity contribution >= 4 is 38.5 Å². The number of ether oxygens (including phenoxy) is 1. The first-order valence-corrected chi connectivity index (χ1v) is 6.44. The van der Waals surface area contributed by atoms with Crippen LogP contribution in [0.1, 0.15) is 5.56 Å². The molecule has 0 amide bonds. The van der Waals surface area contributed by atoms with Crippen LogP contribution in [0.5, 0.6) is 0 Å². The number of hydrogen-bond donors (Lipinski definition) is 1. The molecule has 17 heavy (non-hydrogen) atoms. The molecule has 3 nitrogen and oxygen atoms in total. The van der Waals surface area contributed by atoms with E-state index < -0.39 is 0 Å². The molecule has 92 valence electrons. The van der Waals surface area contributed by atoms with Crippen molar-refractivity contribution in [3.8, 4) is 0 Å². The molecule has 0 aliphatic rings. The number of hydrogen-bond acceptors (Lipinski definition) is 3. The summed E-state index contributed by atoms with van der Waals surface area (Å²) in [6.07, 6.45) is 1.76. The SMILES string of the molecule is COCCNCc1coc2c(Br)cc(Cl)cc12. The number of rotatable bonds is 5. The number of fused-ring (bicyclic) bond motifs is 1. The number of nitrogens with one attached hydrogen (secondary N) is 1. The van der Waals surface area contributed by atoms with Gasteiger partial charge in [0, 0.05) is 36.2 Å². The van der Waals surface area contributed by atoms with E-state index in [0.717, 1.165) is 34.1 Å². The average molecular weight is 319 g/mol. The van der Waals surface area contributed by atoms with Gasteiger partial charge in [-0.1, -0.05) is 11.6 Å². The van der Waals surface area contributed by atoms with Crippen molar-refractivity contribution in [2.45, 2.75) is 6.54 Å². The lowest BCUT2D eigenvalue weighted by Crippen LogP contribution is -2.18. The van der Waals surface area contributed by atoms with Crippen molar-refractivity contribution in [1.82, 2.24) is 5.32 Å². The largest absolute Gasteiger partial charge is 0.463 e. The first kappa shape index (κ1) is 12.9. The van der Waals surface area contributed by atoms with E-state index in [1.54, 1.807) is 13.4 Å². The zero-order valence-corrected chi connectivity index (χ0v) is 11.8. The third kappa shape index (κ3) is 3.01. The summed E-state index contributed by atoms with van der Waals surface area (Å²) < 4.78 is 11.4. The maximum absolute atomic E-state index is 6.02. The molecule has 0 spiro atoms. The van der Waals surface area contributed by atoms with Gasteiger partial charge in [-0.05, 0) is 28.1 Å². The monoisotopic (exact) mass is 317 g/mol. The zero-order valence-electron chi connectivity index (χ0n) is 9.43. The molecule has 5 heteroatoms. The minimum absolute atomic E-state index is 0.695. The molecule has 0 aliphatic heterocycles. The zero-order chi connectivity index (χ0) is 12.3. The van der Waals surface area contributed by atoms with E-state index in [4.69, 9.17) is 20.8 Å². The van der Waals surface area contributed by atoms with Crippen molar-refractivity contribution in [3.05, 3.63) is 33.5 Å². The van der Waals surface area contributed by atoms with Crippen LogP contribution in [-0.2, 0) is 11.3 Å². The summed E-state index contributed by atoms with van der Waals surface area (Å²) in [5.41, 5.74) is 1.93. The Bertz CT molecular complexity index is 512. The van der Waals surface area contributed by atoms with Gasteiger partial charge in [-0.3, -0.25) is 0 Å². The minimum atomic E-state index is 0.695. The normalized spacial score (nSPS) is 11.2. The topological polar surface area (TPSA) is 34.4 Å². The Labute approximate surface area is 113 Å². The van der Waals surface area contributed by atoms with Crippen molar-refractivity contribution in [2.75, 3.05) is 20.3 Å². The van der Waals surface area contributed by atoms with Crippen molar-refractivity contribution in [3.63, 3.8) is 0 Å². The molecule has 0 saturated carbocycles. The average Bonchev–Trinajstić information content (AvgIpc) is 2.68. The highest BCUT2D eigenvalue weighted by molar-refractivity contribution is 9.10. The summed E-state index contributed by atoms with van der Waals surface area (Å²) in [6.45, 7) is 2.24. The van der Waals surface area contributed by atoms with Crippen LogP contribution in [0.2, 0.25) is 5.02 Å². The number of methoxy groups -OCH3 is 1. The van der Waals surface area contributed by atoms with E-state index >= 15 is 0 Å². The summed E-state index contributed by atoms with van der Waals surface area (Å²) in [5.74, 6) is 0. The first-order chi connectivity index (χ1) is 8.22. The molecular formula is C12H13BrClNO2. The molecule has 2 aromatic rings. The molecule has 0 bridgehead atoms. The summed E-state index contributed by atoms with van der Waals surface area (Å²) in [4.78, 5) is 0. The molecule has 0 saturated heterocycles. The van der Waals surface area contributed by atoms with Gasteiger partial charge in [0.1, 0.15) is 5.58 Å². The molecular weight excluding hydrogens is 305 g/mol. The molecule has 2 rings (SSSR count). The van der Waals surface area contributed by atoms with Gasteiger partial charge >= 0.3 is 0 Å². The Balaban J connectivity index is 2.18. The Morgan fingerprint density at radius 1 is 1.47 bits per heavy atom. The lowest BCUT2D eigenvalue weighted by atomic mass is 10.2. The second kappa shape index (κ2) is 5.87. The van der Waals surface area contributed by atoms with E-state index in [-0.39, 0.29) is 0 Å². The quantitative estimate of drug-likeness (QED) is 0.856. The van der Waals surface area contributed by atoms with E-state index in [0.29, 0.717) is 11.6 Å². The highest BCUT2D eigenvalue weighted by Crippen LogP contribution is 2.31. The summed E-state index contributed by atoms with van der Waals surface area (Å²) in [7, 11) is 1.69. The predicted octanol–water partition coefficient (Wildman–Crippen LogP) is 3.58. The number of furan rings is 1. The van der Waals surface area contributed by atoms with Gasteiger partial charge in [0.05, 0.1) is 17.3 Å². The molecule has 1 aromatic carbocycles. The van der Waals surface area contributed by atoms with Gasteiger partial charge in [0.25, 0.3) is 0 Å². The van der Waals surface area contributed by atoms with Gasteiger partial charge in [-0.25, -0.2) is 0 Å². The van der Waals surface area contributed by atoms with Gasteiger partial charge in [-0.2, -0.15) is 0 Å². The van der Waals surface area contributed by atoms with Gasteiger partial charge < -0.3 is 14.5 Å². The molecule has 0 atom stereocenters. The number of benzene rings is 1. The lowest BCUT2D eigenvalue weighted by molar-refractivity contribution is 0.199. The van der Waals surface area contributed by atoms with E-state index in [1.807, 2.05) is 12.1 Å². The summed E-state index contributed by atoms with van der Waals surface area (Å²) in [5, 5.41) is 5.01. The van der Waals surface area contributed by atoms with Crippen LogP contribution in [-0.4, -0.2) is 20.3 Å². The number of halogens is 2. The van der Waals surface area contributed by atoms with E-state index in [2.05, 4.69) is 21.2 Å². The maximum atomic E-state index is 6.02. The Morgan fingerprint density at radius 3 is 3.06 bits per heavy atom. The third-order valence-electron chi connectivity index (χ3n) is 2.47. The van der Waals surface area contributed by atoms with Gasteiger partial charge in [-0.15, -0.1) is 0 Å². The highest BCUT2D eigenvalue weighted by atomic mass is 79.9. The lowest BCUT2D eigenvalue weighted by Gasteiger charge is -2.02. The molecule has 1 aromatic heterocycles. The van der Waals surface area contributed by atoms with Crippen LogP contribution >= 0.6 is 27.5 Å². The third-order valence-corrected chi connectivity index (χ3v) is 3.28.